The van der Waals surface area contributed by atoms with Crippen molar-refractivity contribution in [1.82, 2.24) is 15.1 Å². The average molecular weight is 270 g/mol. The first-order valence-electron chi connectivity index (χ1n) is 6.84. The van der Waals surface area contributed by atoms with Crippen LogP contribution in [0.1, 0.15) is 30.3 Å². The molecule has 0 aliphatic heterocycles. The summed E-state index contributed by atoms with van der Waals surface area (Å²) in [5.41, 5.74) is 7.69. The number of nitrogens with two attached hydrogens (primary N) is 1. The molecule has 2 aromatic rings. The fourth-order valence-corrected chi connectivity index (χ4v) is 2.50. The molecule has 3 rings (SSSR count). The first-order valence-corrected chi connectivity index (χ1v) is 6.84. The molecule has 3 N–H and O–H groups in total. The highest BCUT2D eigenvalue weighted by atomic mass is 16.2. The van der Waals surface area contributed by atoms with Gasteiger partial charge in [0.1, 0.15) is 0 Å². The third-order valence-corrected chi connectivity index (χ3v) is 3.69. The highest BCUT2D eigenvalue weighted by Crippen LogP contribution is 2.26. The fraction of sp³-hybridized carbons (Fsp3) is 0.333. The number of nitrogens with one attached hydrogen (secondary N) is 1. The molecule has 0 radical (unpaired) electrons. The van der Waals surface area contributed by atoms with Crippen LogP contribution in [0.15, 0.2) is 36.5 Å². The fourth-order valence-electron chi connectivity index (χ4n) is 2.50. The molecule has 1 amide bonds. The van der Waals surface area contributed by atoms with E-state index in [0.717, 1.165) is 18.5 Å². The number of carbonyl (C=O) groups excluding carboxylic acids is 1. The summed E-state index contributed by atoms with van der Waals surface area (Å²) in [6, 6.07) is 9.40. The lowest BCUT2D eigenvalue weighted by Crippen LogP contribution is -2.43. The second-order valence-electron chi connectivity index (χ2n) is 5.48. The van der Waals surface area contributed by atoms with Crippen molar-refractivity contribution in [3.63, 3.8) is 0 Å². The molecule has 1 saturated carbocycles. The average Bonchev–Trinajstić information content (AvgIpc) is 2.87. The summed E-state index contributed by atoms with van der Waals surface area (Å²) in [4.78, 5) is 12.0. The molecule has 5 heteroatoms. The quantitative estimate of drug-likeness (QED) is 0.838. The number of amides is 1. The lowest BCUT2D eigenvalue weighted by Gasteiger charge is -2.32. The van der Waals surface area contributed by atoms with Crippen LogP contribution in [-0.4, -0.2) is 21.7 Å². The third-order valence-electron chi connectivity index (χ3n) is 3.69. The van der Waals surface area contributed by atoms with Crippen LogP contribution in [0.2, 0.25) is 0 Å². The predicted octanol–water partition coefficient (Wildman–Crippen LogP) is 1.98. The number of aromatic nitrogens is 2. The van der Waals surface area contributed by atoms with Crippen molar-refractivity contribution in [1.29, 1.82) is 0 Å². The van der Waals surface area contributed by atoms with E-state index in [1.165, 1.54) is 0 Å². The van der Waals surface area contributed by atoms with Gasteiger partial charge in [0.2, 0.25) is 0 Å². The number of nitrogen functional groups attached to an aromatic ring is 1. The Labute approximate surface area is 117 Å². The van der Waals surface area contributed by atoms with Gasteiger partial charge < -0.3 is 11.1 Å². The molecule has 5 nitrogen and oxygen atoms in total. The van der Waals surface area contributed by atoms with E-state index in [4.69, 9.17) is 5.73 Å². The lowest BCUT2D eigenvalue weighted by molar-refractivity contribution is 0.0890. The van der Waals surface area contributed by atoms with Gasteiger partial charge in [-0.3, -0.25) is 4.79 Å². The van der Waals surface area contributed by atoms with E-state index in [2.05, 4.69) is 17.3 Å². The number of hydrogen-bond donors (Lipinski definition) is 2. The molecule has 0 saturated heterocycles. The van der Waals surface area contributed by atoms with Gasteiger partial charge in [-0.05, 0) is 49.1 Å². The summed E-state index contributed by atoms with van der Waals surface area (Å²) in [7, 11) is 0. The summed E-state index contributed by atoms with van der Waals surface area (Å²) in [6.45, 7) is 2.19. The summed E-state index contributed by atoms with van der Waals surface area (Å²) < 4.78 is 1.68. The van der Waals surface area contributed by atoms with Crippen LogP contribution in [0, 0.1) is 5.92 Å². The molecule has 1 heterocycles. The van der Waals surface area contributed by atoms with Crippen LogP contribution < -0.4 is 11.1 Å². The van der Waals surface area contributed by atoms with Crippen molar-refractivity contribution >= 4 is 11.6 Å². The molecule has 1 aromatic heterocycles. The number of nitrogens with zero attached hydrogens (tertiary/aromatic N) is 2. The van der Waals surface area contributed by atoms with Crippen molar-refractivity contribution in [2.24, 2.45) is 5.92 Å². The number of rotatable bonds is 3. The Kier molecular flexibility index (Phi) is 3.18. The van der Waals surface area contributed by atoms with Crippen molar-refractivity contribution in [3.8, 4) is 5.69 Å². The van der Waals surface area contributed by atoms with Gasteiger partial charge in [-0.15, -0.1) is 0 Å². The zero-order chi connectivity index (χ0) is 14.1. The maximum Gasteiger partial charge on any atom is 0.272 e. The standard InChI is InChI=1S/C15H18N4O/c1-10-8-12(9-10)17-15(20)14-6-7-19(18-14)13-4-2-11(16)3-5-13/h2-7,10,12H,8-9,16H2,1H3,(H,17,20). The molecule has 104 valence electrons. The highest BCUT2D eigenvalue weighted by Gasteiger charge is 2.27. The van der Waals surface area contributed by atoms with Crippen LogP contribution >= 0.6 is 0 Å². The zero-order valence-electron chi connectivity index (χ0n) is 11.4. The summed E-state index contributed by atoms with van der Waals surface area (Å²) in [6.07, 6.45) is 3.90. The van der Waals surface area contributed by atoms with Crippen LogP contribution in [0.5, 0.6) is 0 Å². The summed E-state index contributed by atoms with van der Waals surface area (Å²) in [5.74, 6) is 0.615. The molecule has 20 heavy (non-hydrogen) atoms. The van der Waals surface area contributed by atoms with Gasteiger partial charge in [0.15, 0.2) is 5.69 Å². The number of anilines is 1. The Balaban J connectivity index is 1.70. The third kappa shape index (κ3) is 2.52. The molecule has 1 aliphatic carbocycles. The van der Waals surface area contributed by atoms with E-state index in [9.17, 15) is 4.79 Å². The van der Waals surface area contributed by atoms with Gasteiger partial charge in [0.05, 0.1) is 5.69 Å². The van der Waals surface area contributed by atoms with Crippen molar-refractivity contribution in [2.45, 2.75) is 25.8 Å². The van der Waals surface area contributed by atoms with Crippen LogP contribution in [0.3, 0.4) is 0 Å². The number of hydrogen-bond acceptors (Lipinski definition) is 3. The molecular weight excluding hydrogens is 252 g/mol. The maximum absolute atomic E-state index is 12.0. The van der Waals surface area contributed by atoms with Crippen molar-refractivity contribution in [3.05, 3.63) is 42.2 Å². The molecule has 0 bridgehead atoms. The second-order valence-corrected chi connectivity index (χ2v) is 5.48. The summed E-state index contributed by atoms with van der Waals surface area (Å²) >= 11 is 0. The molecule has 1 fully saturated rings. The minimum atomic E-state index is -0.101. The first-order chi connectivity index (χ1) is 9.61. The number of carbonyl (C=O) groups is 1. The predicted molar refractivity (Wildman–Crippen MR) is 77.6 cm³/mol. The normalized spacial score (nSPS) is 21.2. The van der Waals surface area contributed by atoms with E-state index in [1.54, 1.807) is 16.9 Å². The zero-order valence-corrected chi connectivity index (χ0v) is 11.4. The van der Waals surface area contributed by atoms with Gasteiger partial charge in [-0.2, -0.15) is 5.10 Å². The van der Waals surface area contributed by atoms with Crippen LogP contribution in [0.25, 0.3) is 5.69 Å². The van der Waals surface area contributed by atoms with E-state index in [0.29, 0.717) is 23.3 Å². The largest absolute Gasteiger partial charge is 0.399 e. The van der Waals surface area contributed by atoms with Crippen molar-refractivity contribution < 1.29 is 4.79 Å². The van der Waals surface area contributed by atoms with Gasteiger partial charge in [-0.25, -0.2) is 4.68 Å². The first kappa shape index (κ1) is 12.7. The minimum absolute atomic E-state index is 0.101. The molecule has 0 spiro atoms. The van der Waals surface area contributed by atoms with E-state index < -0.39 is 0 Å². The second kappa shape index (κ2) is 5.00. The van der Waals surface area contributed by atoms with E-state index in [1.807, 2.05) is 24.3 Å². The van der Waals surface area contributed by atoms with Crippen LogP contribution in [0.4, 0.5) is 5.69 Å². The topological polar surface area (TPSA) is 72.9 Å². The van der Waals surface area contributed by atoms with Crippen molar-refractivity contribution in [2.75, 3.05) is 5.73 Å². The van der Waals surface area contributed by atoms with E-state index >= 15 is 0 Å². The van der Waals surface area contributed by atoms with Gasteiger partial charge in [0.25, 0.3) is 5.91 Å². The van der Waals surface area contributed by atoms with E-state index in [-0.39, 0.29) is 5.91 Å². The summed E-state index contributed by atoms with van der Waals surface area (Å²) in [5, 5.41) is 7.31. The Hall–Kier alpha value is -2.30. The maximum atomic E-state index is 12.0. The molecule has 1 aliphatic rings. The Morgan fingerprint density at radius 3 is 2.65 bits per heavy atom. The molecule has 0 atom stereocenters. The molecule has 1 aromatic carbocycles. The van der Waals surface area contributed by atoms with Gasteiger partial charge in [-0.1, -0.05) is 6.92 Å². The molecule has 0 unspecified atom stereocenters. The Morgan fingerprint density at radius 2 is 2.00 bits per heavy atom. The Bertz CT molecular complexity index is 611. The highest BCUT2D eigenvalue weighted by molar-refractivity contribution is 5.92. The SMILES string of the molecule is CC1CC(NC(=O)c2ccn(-c3ccc(N)cc3)n2)C1. The monoisotopic (exact) mass is 270 g/mol. The minimum Gasteiger partial charge on any atom is -0.399 e. The van der Waals surface area contributed by atoms with Gasteiger partial charge in [0, 0.05) is 17.9 Å². The lowest BCUT2D eigenvalue weighted by atomic mass is 9.82. The van der Waals surface area contributed by atoms with Crippen LogP contribution in [-0.2, 0) is 0 Å². The number of benzene rings is 1. The smallest absolute Gasteiger partial charge is 0.272 e. The Morgan fingerprint density at radius 1 is 1.30 bits per heavy atom. The van der Waals surface area contributed by atoms with Gasteiger partial charge >= 0.3 is 0 Å². The molecular formula is C15H18N4O.